The zero-order chi connectivity index (χ0) is 19.4. The van der Waals surface area contributed by atoms with Gasteiger partial charge in [0.05, 0.1) is 11.1 Å². The molecule has 0 aromatic heterocycles. The molecular weight excluding hydrogens is 364 g/mol. The predicted molar refractivity (Wildman–Crippen MR) is 104 cm³/mol. The summed E-state index contributed by atoms with van der Waals surface area (Å²) in [5, 5.41) is 0.447. The lowest BCUT2D eigenvalue weighted by Gasteiger charge is -2.10. The number of esters is 2. The van der Waals surface area contributed by atoms with Gasteiger partial charge in [-0.25, -0.2) is 9.59 Å². The first-order valence-electron chi connectivity index (χ1n) is 8.29. The van der Waals surface area contributed by atoms with Gasteiger partial charge in [0.1, 0.15) is 11.5 Å². The molecule has 0 aliphatic heterocycles. The third kappa shape index (κ3) is 4.74. The molecule has 3 aromatic rings. The first-order valence-corrected chi connectivity index (χ1v) is 8.67. The number of ether oxygens (including phenoxy) is 2. The van der Waals surface area contributed by atoms with Gasteiger partial charge in [-0.1, -0.05) is 35.9 Å². The number of carbonyl (C=O) groups excluding carboxylic acids is 2. The van der Waals surface area contributed by atoms with Crippen molar-refractivity contribution in [3.63, 3.8) is 0 Å². The van der Waals surface area contributed by atoms with Crippen LogP contribution in [0, 0.1) is 13.8 Å². The Kier molecular flexibility index (Phi) is 5.57. The van der Waals surface area contributed by atoms with E-state index in [0.29, 0.717) is 16.5 Å². The maximum absolute atomic E-state index is 12.6. The van der Waals surface area contributed by atoms with E-state index in [2.05, 4.69) is 0 Å². The van der Waals surface area contributed by atoms with Crippen molar-refractivity contribution in [1.82, 2.24) is 0 Å². The van der Waals surface area contributed by atoms with Crippen molar-refractivity contribution in [3.8, 4) is 11.5 Å². The molecule has 0 aliphatic rings. The van der Waals surface area contributed by atoms with Gasteiger partial charge < -0.3 is 9.47 Å². The van der Waals surface area contributed by atoms with Gasteiger partial charge in [0.25, 0.3) is 0 Å². The summed E-state index contributed by atoms with van der Waals surface area (Å²) in [6.45, 7) is 3.83. The summed E-state index contributed by atoms with van der Waals surface area (Å²) >= 11 is 5.91. The van der Waals surface area contributed by atoms with E-state index in [1.165, 1.54) is 18.2 Å². The van der Waals surface area contributed by atoms with Gasteiger partial charge in [0.15, 0.2) is 0 Å². The minimum Gasteiger partial charge on any atom is -0.423 e. The SMILES string of the molecule is Cc1cc(C)cc(OC(=O)c2ccccc2C(=O)Oc2cccc(Cl)c2)c1. The lowest BCUT2D eigenvalue weighted by Crippen LogP contribution is -2.17. The molecule has 3 aromatic carbocycles. The first kappa shape index (κ1) is 18.7. The molecule has 4 nitrogen and oxygen atoms in total. The fourth-order valence-corrected chi connectivity index (χ4v) is 2.87. The van der Waals surface area contributed by atoms with Crippen LogP contribution in [0.25, 0.3) is 0 Å². The molecule has 0 spiro atoms. The number of aryl methyl sites for hydroxylation is 2. The Morgan fingerprint density at radius 2 is 1.26 bits per heavy atom. The summed E-state index contributed by atoms with van der Waals surface area (Å²) in [6, 6.07) is 18.3. The Morgan fingerprint density at radius 1 is 0.704 bits per heavy atom. The molecule has 136 valence electrons. The zero-order valence-electron chi connectivity index (χ0n) is 14.9. The highest BCUT2D eigenvalue weighted by Gasteiger charge is 2.20. The van der Waals surface area contributed by atoms with Gasteiger partial charge in [0, 0.05) is 5.02 Å². The fraction of sp³-hybridized carbons (Fsp3) is 0.0909. The van der Waals surface area contributed by atoms with Crippen LogP contribution in [0.4, 0.5) is 0 Å². The number of hydrogen-bond donors (Lipinski definition) is 0. The van der Waals surface area contributed by atoms with Crippen molar-refractivity contribution >= 4 is 23.5 Å². The maximum atomic E-state index is 12.6. The standard InChI is InChI=1S/C22H17ClO4/c1-14-10-15(2)12-18(11-14)27-22(25)20-9-4-3-8-19(20)21(24)26-17-7-5-6-16(23)13-17/h3-13H,1-2H3. The largest absolute Gasteiger partial charge is 0.423 e. The van der Waals surface area contributed by atoms with Crippen molar-refractivity contribution in [2.45, 2.75) is 13.8 Å². The summed E-state index contributed by atoms with van der Waals surface area (Å²) in [5.41, 5.74) is 2.20. The Hall–Kier alpha value is -3.11. The van der Waals surface area contributed by atoms with Crippen LogP contribution in [0.15, 0.2) is 66.7 Å². The van der Waals surface area contributed by atoms with Crippen LogP contribution < -0.4 is 9.47 Å². The highest BCUT2D eigenvalue weighted by atomic mass is 35.5. The van der Waals surface area contributed by atoms with Gasteiger partial charge in [-0.15, -0.1) is 0 Å². The topological polar surface area (TPSA) is 52.6 Å². The molecule has 0 bridgehead atoms. The van der Waals surface area contributed by atoms with Gasteiger partial charge in [-0.3, -0.25) is 0 Å². The van der Waals surface area contributed by atoms with E-state index in [4.69, 9.17) is 21.1 Å². The van der Waals surface area contributed by atoms with Crippen LogP contribution in [0.3, 0.4) is 0 Å². The van der Waals surface area contributed by atoms with Crippen molar-refractivity contribution < 1.29 is 19.1 Å². The van der Waals surface area contributed by atoms with E-state index in [1.807, 2.05) is 19.9 Å². The van der Waals surface area contributed by atoms with Gasteiger partial charge in [-0.2, -0.15) is 0 Å². The Labute approximate surface area is 162 Å². The summed E-state index contributed by atoms with van der Waals surface area (Å²) < 4.78 is 10.8. The Morgan fingerprint density at radius 3 is 1.81 bits per heavy atom. The van der Waals surface area contributed by atoms with Crippen molar-refractivity contribution in [1.29, 1.82) is 0 Å². The fourth-order valence-electron chi connectivity index (χ4n) is 2.69. The molecule has 0 unspecified atom stereocenters. The second kappa shape index (κ2) is 8.06. The molecule has 27 heavy (non-hydrogen) atoms. The minimum absolute atomic E-state index is 0.117. The average molecular weight is 381 g/mol. The van der Waals surface area contributed by atoms with E-state index < -0.39 is 11.9 Å². The molecule has 0 N–H and O–H groups in total. The molecule has 0 aliphatic carbocycles. The van der Waals surface area contributed by atoms with E-state index in [0.717, 1.165) is 11.1 Å². The van der Waals surface area contributed by atoms with Crippen LogP contribution in [0.2, 0.25) is 5.02 Å². The normalized spacial score (nSPS) is 10.3. The molecule has 0 saturated heterocycles. The quantitative estimate of drug-likeness (QED) is 0.449. The van der Waals surface area contributed by atoms with Crippen molar-refractivity contribution in [2.24, 2.45) is 0 Å². The highest BCUT2D eigenvalue weighted by molar-refractivity contribution is 6.30. The van der Waals surface area contributed by atoms with Crippen molar-refractivity contribution in [2.75, 3.05) is 0 Å². The lowest BCUT2D eigenvalue weighted by molar-refractivity contribution is 0.0692. The second-order valence-corrected chi connectivity index (χ2v) is 6.54. The highest BCUT2D eigenvalue weighted by Crippen LogP contribution is 2.21. The number of hydrogen-bond acceptors (Lipinski definition) is 4. The summed E-state index contributed by atoms with van der Waals surface area (Å²) in [4.78, 5) is 25.2. The van der Waals surface area contributed by atoms with Crippen LogP contribution in [0.1, 0.15) is 31.8 Å². The molecule has 0 radical (unpaired) electrons. The lowest BCUT2D eigenvalue weighted by atomic mass is 10.1. The molecule has 0 atom stereocenters. The van der Waals surface area contributed by atoms with Crippen molar-refractivity contribution in [3.05, 3.63) is 94.0 Å². The summed E-state index contributed by atoms with van der Waals surface area (Å²) in [6.07, 6.45) is 0. The molecule has 0 saturated carbocycles. The minimum atomic E-state index is -0.662. The average Bonchev–Trinajstić information content (AvgIpc) is 2.60. The number of rotatable bonds is 4. The third-order valence-electron chi connectivity index (χ3n) is 3.78. The Balaban J connectivity index is 1.84. The second-order valence-electron chi connectivity index (χ2n) is 6.11. The number of halogens is 1. The zero-order valence-corrected chi connectivity index (χ0v) is 15.6. The number of carbonyl (C=O) groups is 2. The van der Waals surface area contributed by atoms with Gasteiger partial charge in [0.2, 0.25) is 0 Å². The first-order chi connectivity index (χ1) is 12.9. The molecule has 0 amide bonds. The van der Waals surface area contributed by atoms with E-state index in [1.54, 1.807) is 42.5 Å². The molecule has 5 heteroatoms. The van der Waals surface area contributed by atoms with Crippen LogP contribution in [0.5, 0.6) is 11.5 Å². The third-order valence-corrected chi connectivity index (χ3v) is 4.01. The van der Waals surface area contributed by atoms with Gasteiger partial charge in [-0.05, 0) is 67.4 Å². The Bertz CT molecular complexity index is 990. The monoisotopic (exact) mass is 380 g/mol. The molecule has 3 rings (SSSR count). The molecular formula is C22H17ClO4. The van der Waals surface area contributed by atoms with Gasteiger partial charge >= 0.3 is 11.9 Å². The van der Waals surface area contributed by atoms with Crippen LogP contribution in [-0.2, 0) is 0 Å². The summed E-state index contributed by atoms with van der Waals surface area (Å²) in [7, 11) is 0. The van der Waals surface area contributed by atoms with E-state index in [9.17, 15) is 9.59 Å². The number of benzene rings is 3. The smallest absolute Gasteiger partial charge is 0.344 e. The van der Waals surface area contributed by atoms with E-state index >= 15 is 0 Å². The molecule has 0 heterocycles. The predicted octanol–water partition coefficient (Wildman–Crippen LogP) is 5.40. The van der Waals surface area contributed by atoms with Crippen LogP contribution >= 0.6 is 11.6 Å². The van der Waals surface area contributed by atoms with Crippen LogP contribution in [-0.4, -0.2) is 11.9 Å². The van der Waals surface area contributed by atoms with E-state index in [-0.39, 0.29) is 11.1 Å². The summed E-state index contributed by atoms with van der Waals surface area (Å²) in [5.74, 6) is -0.565. The maximum Gasteiger partial charge on any atom is 0.344 e. The molecule has 0 fully saturated rings.